The lowest BCUT2D eigenvalue weighted by molar-refractivity contribution is 0.0774. The van der Waals surface area contributed by atoms with Gasteiger partial charge in [-0.1, -0.05) is 30.3 Å². The van der Waals surface area contributed by atoms with Gasteiger partial charge in [-0.3, -0.25) is 9.48 Å². The third-order valence-electron chi connectivity index (χ3n) is 4.92. The lowest BCUT2D eigenvalue weighted by Gasteiger charge is -2.23. The first-order valence-electron chi connectivity index (χ1n) is 9.31. The monoisotopic (exact) mass is 364 g/mol. The summed E-state index contributed by atoms with van der Waals surface area (Å²) in [6.07, 6.45) is 5.93. The highest BCUT2D eigenvalue weighted by molar-refractivity contribution is 5.91. The van der Waals surface area contributed by atoms with E-state index in [1.807, 2.05) is 41.2 Å². The molecule has 4 rings (SSSR count). The van der Waals surface area contributed by atoms with E-state index in [4.69, 9.17) is 0 Å². The SMILES string of the molecule is CN(Cc1ncc(-c2ccccc2)[nH]1)C(=O)c1ccn(C2CCCNC2)n1. The second kappa shape index (κ2) is 7.75. The van der Waals surface area contributed by atoms with Gasteiger partial charge in [0.15, 0.2) is 0 Å². The van der Waals surface area contributed by atoms with E-state index >= 15 is 0 Å². The average molecular weight is 364 g/mol. The van der Waals surface area contributed by atoms with Gasteiger partial charge in [-0.2, -0.15) is 5.10 Å². The Kier molecular flexibility index (Phi) is 5.02. The molecule has 140 valence electrons. The highest BCUT2D eigenvalue weighted by atomic mass is 16.2. The zero-order valence-corrected chi connectivity index (χ0v) is 15.4. The van der Waals surface area contributed by atoms with E-state index < -0.39 is 0 Å². The van der Waals surface area contributed by atoms with Crippen LogP contribution in [0.25, 0.3) is 11.3 Å². The third-order valence-corrected chi connectivity index (χ3v) is 4.92. The number of aromatic amines is 1. The second-order valence-electron chi connectivity index (χ2n) is 6.95. The smallest absolute Gasteiger partial charge is 0.274 e. The third kappa shape index (κ3) is 3.93. The van der Waals surface area contributed by atoms with Gasteiger partial charge in [-0.25, -0.2) is 4.98 Å². The van der Waals surface area contributed by atoms with Gasteiger partial charge >= 0.3 is 0 Å². The molecule has 1 aliphatic heterocycles. The number of carbonyl (C=O) groups is 1. The number of H-pyrrole nitrogens is 1. The van der Waals surface area contributed by atoms with E-state index in [0.29, 0.717) is 18.3 Å². The molecular weight excluding hydrogens is 340 g/mol. The summed E-state index contributed by atoms with van der Waals surface area (Å²) >= 11 is 0. The molecule has 1 aromatic carbocycles. The summed E-state index contributed by atoms with van der Waals surface area (Å²) in [5.41, 5.74) is 2.49. The highest BCUT2D eigenvalue weighted by Crippen LogP contribution is 2.18. The number of benzene rings is 1. The van der Waals surface area contributed by atoms with Crippen molar-refractivity contribution in [2.75, 3.05) is 20.1 Å². The normalized spacial score (nSPS) is 17.0. The fourth-order valence-corrected chi connectivity index (χ4v) is 3.41. The quantitative estimate of drug-likeness (QED) is 0.729. The maximum atomic E-state index is 12.7. The van der Waals surface area contributed by atoms with Gasteiger partial charge < -0.3 is 15.2 Å². The average Bonchev–Trinajstić information content (AvgIpc) is 3.39. The van der Waals surface area contributed by atoms with Gasteiger partial charge in [0, 0.05) is 19.8 Å². The second-order valence-corrected chi connectivity index (χ2v) is 6.95. The zero-order valence-electron chi connectivity index (χ0n) is 15.4. The molecule has 1 atom stereocenters. The van der Waals surface area contributed by atoms with Gasteiger partial charge in [0.05, 0.1) is 24.5 Å². The summed E-state index contributed by atoms with van der Waals surface area (Å²) in [5, 5.41) is 7.88. The topological polar surface area (TPSA) is 78.8 Å². The molecule has 1 fully saturated rings. The summed E-state index contributed by atoms with van der Waals surface area (Å²) in [6.45, 7) is 2.36. The molecule has 1 aliphatic rings. The Hall–Kier alpha value is -2.93. The van der Waals surface area contributed by atoms with Crippen LogP contribution in [0.3, 0.4) is 0 Å². The van der Waals surface area contributed by atoms with Crippen LogP contribution in [0.1, 0.15) is 35.2 Å². The van der Waals surface area contributed by atoms with Crippen LogP contribution < -0.4 is 5.32 Å². The van der Waals surface area contributed by atoms with E-state index in [9.17, 15) is 4.79 Å². The van der Waals surface area contributed by atoms with Gasteiger partial charge in [0.2, 0.25) is 0 Å². The van der Waals surface area contributed by atoms with Crippen LogP contribution in [-0.2, 0) is 6.54 Å². The molecule has 2 N–H and O–H groups in total. The Bertz CT molecular complexity index is 894. The van der Waals surface area contributed by atoms with Crippen LogP contribution in [0.4, 0.5) is 0 Å². The summed E-state index contributed by atoms with van der Waals surface area (Å²) in [6, 6.07) is 12.1. The molecule has 0 aliphatic carbocycles. The fourth-order valence-electron chi connectivity index (χ4n) is 3.41. The first kappa shape index (κ1) is 17.5. The predicted molar refractivity (Wildman–Crippen MR) is 103 cm³/mol. The largest absolute Gasteiger partial charge is 0.341 e. The van der Waals surface area contributed by atoms with Crippen molar-refractivity contribution < 1.29 is 4.79 Å². The standard InChI is InChI=1S/C20H24N6O/c1-25(14-19-22-13-18(23-19)15-6-3-2-4-7-15)20(27)17-9-11-26(24-17)16-8-5-10-21-12-16/h2-4,6-7,9,11,13,16,21H,5,8,10,12,14H2,1H3,(H,22,23). The van der Waals surface area contributed by atoms with Crippen molar-refractivity contribution in [2.45, 2.75) is 25.4 Å². The van der Waals surface area contributed by atoms with Crippen molar-refractivity contribution in [2.24, 2.45) is 0 Å². The minimum absolute atomic E-state index is 0.102. The number of imidazole rings is 1. The van der Waals surface area contributed by atoms with E-state index in [2.05, 4.69) is 20.4 Å². The number of nitrogens with one attached hydrogen (secondary N) is 2. The maximum absolute atomic E-state index is 12.7. The lowest BCUT2D eigenvalue weighted by atomic mass is 10.1. The highest BCUT2D eigenvalue weighted by Gasteiger charge is 2.20. The number of piperidine rings is 1. The Morgan fingerprint density at radius 3 is 2.93 bits per heavy atom. The Morgan fingerprint density at radius 2 is 2.15 bits per heavy atom. The molecule has 7 heteroatoms. The van der Waals surface area contributed by atoms with Crippen LogP contribution in [0.15, 0.2) is 48.8 Å². The Labute approximate surface area is 158 Å². The number of aromatic nitrogens is 4. The summed E-state index contributed by atoms with van der Waals surface area (Å²) in [7, 11) is 1.77. The molecule has 1 saturated heterocycles. The number of rotatable bonds is 5. The summed E-state index contributed by atoms with van der Waals surface area (Å²) in [4.78, 5) is 22.0. The Morgan fingerprint density at radius 1 is 1.30 bits per heavy atom. The number of amides is 1. The van der Waals surface area contributed by atoms with Gasteiger partial charge in [0.1, 0.15) is 11.5 Å². The van der Waals surface area contributed by atoms with Crippen LogP contribution in [-0.4, -0.2) is 50.7 Å². The van der Waals surface area contributed by atoms with Crippen LogP contribution >= 0.6 is 0 Å². The molecule has 3 aromatic rings. The molecule has 7 nitrogen and oxygen atoms in total. The molecule has 0 spiro atoms. The van der Waals surface area contributed by atoms with Crippen molar-refractivity contribution in [1.82, 2.24) is 30.0 Å². The molecule has 0 radical (unpaired) electrons. The summed E-state index contributed by atoms with van der Waals surface area (Å²) < 4.78 is 1.91. The van der Waals surface area contributed by atoms with E-state index in [1.165, 1.54) is 0 Å². The molecular formula is C20H24N6O. The van der Waals surface area contributed by atoms with Crippen molar-refractivity contribution >= 4 is 5.91 Å². The summed E-state index contributed by atoms with van der Waals surface area (Å²) in [5.74, 6) is 0.649. The molecule has 2 aromatic heterocycles. The molecule has 0 saturated carbocycles. The van der Waals surface area contributed by atoms with Gasteiger partial charge in [-0.15, -0.1) is 0 Å². The number of hydrogen-bond donors (Lipinski definition) is 2. The van der Waals surface area contributed by atoms with Crippen molar-refractivity contribution in [3.05, 3.63) is 60.3 Å². The number of carbonyl (C=O) groups excluding carboxylic acids is 1. The van der Waals surface area contributed by atoms with E-state index in [0.717, 1.165) is 43.0 Å². The first-order valence-corrected chi connectivity index (χ1v) is 9.31. The molecule has 1 unspecified atom stereocenters. The maximum Gasteiger partial charge on any atom is 0.274 e. The number of nitrogens with zero attached hydrogens (tertiary/aromatic N) is 4. The number of hydrogen-bond acceptors (Lipinski definition) is 4. The predicted octanol–water partition coefficient (Wildman–Crippen LogP) is 2.47. The van der Waals surface area contributed by atoms with Crippen LogP contribution in [0.2, 0.25) is 0 Å². The molecule has 27 heavy (non-hydrogen) atoms. The van der Waals surface area contributed by atoms with Crippen LogP contribution in [0, 0.1) is 0 Å². The lowest BCUT2D eigenvalue weighted by Crippen LogP contribution is -2.32. The Balaban J connectivity index is 1.41. The van der Waals surface area contributed by atoms with Crippen molar-refractivity contribution in [3.8, 4) is 11.3 Å². The van der Waals surface area contributed by atoms with Crippen molar-refractivity contribution in [3.63, 3.8) is 0 Å². The van der Waals surface area contributed by atoms with Gasteiger partial charge in [-0.05, 0) is 31.0 Å². The van der Waals surface area contributed by atoms with E-state index in [1.54, 1.807) is 24.2 Å². The molecule has 0 bridgehead atoms. The molecule has 1 amide bonds. The van der Waals surface area contributed by atoms with Crippen molar-refractivity contribution in [1.29, 1.82) is 0 Å². The van der Waals surface area contributed by atoms with Gasteiger partial charge in [0.25, 0.3) is 5.91 Å². The minimum Gasteiger partial charge on any atom is -0.341 e. The fraction of sp³-hybridized carbons (Fsp3) is 0.350. The van der Waals surface area contributed by atoms with E-state index in [-0.39, 0.29) is 5.91 Å². The molecule has 3 heterocycles. The first-order chi connectivity index (χ1) is 13.2. The minimum atomic E-state index is -0.102. The van der Waals surface area contributed by atoms with Crippen LogP contribution in [0.5, 0.6) is 0 Å². The zero-order chi connectivity index (χ0) is 18.6.